The number of aryl methyl sites for hydroxylation is 1. The zero-order valence-electron chi connectivity index (χ0n) is 14.8. The van der Waals surface area contributed by atoms with Crippen molar-refractivity contribution >= 4 is 23.3 Å². The largest absolute Gasteiger partial charge is 0.391 e. The molecular formula is C20H20N4O3. The van der Waals surface area contributed by atoms with E-state index in [0.29, 0.717) is 30.0 Å². The molecule has 1 aliphatic carbocycles. The smallest absolute Gasteiger partial charge is 0.314 e. The molecule has 0 unspecified atom stereocenters. The van der Waals surface area contributed by atoms with Gasteiger partial charge in [0, 0.05) is 11.8 Å². The van der Waals surface area contributed by atoms with Gasteiger partial charge in [0.1, 0.15) is 17.2 Å². The van der Waals surface area contributed by atoms with Gasteiger partial charge in [0.05, 0.1) is 12.1 Å². The fraction of sp³-hybridized carbons (Fsp3) is 0.250. The molecule has 2 heterocycles. The second-order valence-electron chi connectivity index (χ2n) is 6.74. The van der Waals surface area contributed by atoms with Gasteiger partial charge in [0.2, 0.25) is 0 Å². The third-order valence-corrected chi connectivity index (χ3v) is 4.88. The number of benzene rings is 1. The maximum Gasteiger partial charge on any atom is 0.314 e. The van der Waals surface area contributed by atoms with E-state index >= 15 is 0 Å². The lowest BCUT2D eigenvalue weighted by molar-refractivity contribution is -0.137. The van der Waals surface area contributed by atoms with Crippen molar-refractivity contribution in [1.29, 1.82) is 0 Å². The van der Waals surface area contributed by atoms with E-state index in [1.807, 2.05) is 49.4 Å². The maximum absolute atomic E-state index is 12.5. The topological polar surface area (TPSA) is 95.7 Å². The molecule has 7 nitrogen and oxygen atoms in total. The van der Waals surface area contributed by atoms with Gasteiger partial charge >= 0.3 is 11.8 Å². The normalized spacial score (nSPS) is 18.7. The highest BCUT2D eigenvalue weighted by molar-refractivity contribution is 6.40. The maximum atomic E-state index is 12.5. The van der Waals surface area contributed by atoms with Crippen molar-refractivity contribution in [3.8, 4) is 11.3 Å². The van der Waals surface area contributed by atoms with Crippen molar-refractivity contribution in [2.45, 2.75) is 31.9 Å². The van der Waals surface area contributed by atoms with E-state index in [9.17, 15) is 14.7 Å². The van der Waals surface area contributed by atoms with E-state index in [1.165, 1.54) is 0 Å². The molecule has 1 saturated carbocycles. The second-order valence-corrected chi connectivity index (χ2v) is 6.74. The molecular weight excluding hydrogens is 344 g/mol. The fourth-order valence-electron chi connectivity index (χ4n) is 3.17. The molecule has 1 aliphatic rings. The van der Waals surface area contributed by atoms with Gasteiger partial charge in [0.15, 0.2) is 0 Å². The van der Waals surface area contributed by atoms with E-state index in [0.717, 1.165) is 11.1 Å². The minimum Gasteiger partial charge on any atom is -0.391 e. The lowest BCUT2D eigenvalue weighted by Crippen LogP contribution is -2.52. The summed E-state index contributed by atoms with van der Waals surface area (Å²) in [5.74, 6) is -1.11. The van der Waals surface area contributed by atoms with Gasteiger partial charge in [-0.2, -0.15) is 0 Å². The Morgan fingerprint density at radius 1 is 1.11 bits per heavy atom. The third-order valence-electron chi connectivity index (χ3n) is 4.88. The van der Waals surface area contributed by atoms with Crippen LogP contribution in [0.15, 0.2) is 48.7 Å². The molecule has 0 bridgehead atoms. The first kappa shape index (κ1) is 17.2. The van der Waals surface area contributed by atoms with Crippen LogP contribution in [0.3, 0.4) is 0 Å². The van der Waals surface area contributed by atoms with Crippen LogP contribution >= 0.6 is 0 Å². The summed E-state index contributed by atoms with van der Waals surface area (Å²) in [4.78, 5) is 29.3. The Balaban J connectivity index is 1.68. The zero-order chi connectivity index (χ0) is 19.0. The summed E-state index contributed by atoms with van der Waals surface area (Å²) in [6, 6.07) is 12.9. The number of pyridine rings is 1. The first-order valence-corrected chi connectivity index (χ1v) is 8.87. The van der Waals surface area contributed by atoms with Crippen molar-refractivity contribution in [2.75, 3.05) is 5.32 Å². The Morgan fingerprint density at radius 2 is 1.89 bits per heavy atom. The van der Waals surface area contributed by atoms with Crippen molar-refractivity contribution < 1.29 is 14.7 Å². The zero-order valence-corrected chi connectivity index (χ0v) is 14.8. The standard InChI is InChI=1S/C20H20N4O3/c1-12-6-5-11-24-17(12)22-16(13-7-3-2-4-8-13)18(24)23-20(27)19(26)21-14-9-10-15(14)25/h2-8,11,14-15,25H,9-10H2,1H3,(H,21,26)(H,23,27)/t14-,15-/m1/s1. The van der Waals surface area contributed by atoms with Crippen molar-refractivity contribution in [3.05, 3.63) is 54.2 Å². The number of nitrogens with one attached hydrogen (secondary N) is 2. The Kier molecular flexibility index (Phi) is 4.37. The van der Waals surface area contributed by atoms with Gasteiger partial charge in [-0.15, -0.1) is 0 Å². The van der Waals surface area contributed by atoms with Gasteiger partial charge in [-0.25, -0.2) is 4.98 Å². The Labute approximate surface area is 156 Å². The number of aliphatic hydroxyl groups excluding tert-OH is 1. The van der Waals surface area contributed by atoms with Gasteiger partial charge in [0.25, 0.3) is 0 Å². The summed E-state index contributed by atoms with van der Waals surface area (Å²) in [6.07, 6.45) is 2.52. The van der Waals surface area contributed by atoms with Crippen LogP contribution in [-0.2, 0) is 9.59 Å². The number of imidazole rings is 1. The third kappa shape index (κ3) is 3.17. The summed E-state index contributed by atoms with van der Waals surface area (Å²) in [7, 11) is 0. The molecule has 2 aromatic heterocycles. The van der Waals surface area contributed by atoms with Crippen LogP contribution < -0.4 is 10.6 Å². The molecule has 27 heavy (non-hydrogen) atoms. The molecule has 0 saturated heterocycles. The van der Waals surface area contributed by atoms with Gasteiger partial charge < -0.3 is 15.7 Å². The van der Waals surface area contributed by atoms with E-state index in [1.54, 1.807) is 10.6 Å². The minimum absolute atomic E-state index is 0.360. The molecule has 3 aromatic rings. The molecule has 1 aromatic carbocycles. The number of anilines is 1. The monoisotopic (exact) mass is 364 g/mol. The Bertz CT molecular complexity index is 1010. The van der Waals surface area contributed by atoms with Crippen molar-refractivity contribution in [2.24, 2.45) is 0 Å². The number of carbonyl (C=O) groups excluding carboxylic acids is 2. The lowest BCUT2D eigenvalue weighted by atomic mass is 9.89. The molecule has 2 atom stereocenters. The minimum atomic E-state index is -0.783. The highest BCUT2D eigenvalue weighted by Crippen LogP contribution is 2.29. The molecule has 0 spiro atoms. The molecule has 4 rings (SSSR count). The number of aliphatic hydroxyl groups is 1. The summed E-state index contributed by atoms with van der Waals surface area (Å²) in [5, 5.41) is 14.9. The Hall–Kier alpha value is -3.19. The summed E-state index contributed by atoms with van der Waals surface area (Å²) in [6.45, 7) is 1.94. The number of rotatable bonds is 3. The van der Waals surface area contributed by atoms with Crippen LogP contribution in [0.4, 0.5) is 5.82 Å². The molecule has 7 heteroatoms. The summed E-state index contributed by atoms with van der Waals surface area (Å²) in [5.41, 5.74) is 3.10. The van der Waals surface area contributed by atoms with E-state index in [4.69, 9.17) is 0 Å². The highest BCUT2D eigenvalue weighted by Gasteiger charge is 2.32. The summed E-state index contributed by atoms with van der Waals surface area (Å²) >= 11 is 0. The van der Waals surface area contributed by atoms with Crippen LogP contribution in [0.5, 0.6) is 0 Å². The Morgan fingerprint density at radius 3 is 2.56 bits per heavy atom. The van der Waals surface area contributed by atoms with E-state index in [2.05, 4.69) is 15.6 Å². The number of fused-ring (bicyclic) bond motifs is 1. The number of aromatic nitrogens is 2. The molecule has 1 fully saturated rings. The molecule has 3 N–H and O–H groups in total. The van der Waals surface area contributed by atoms with Crippen LogP contribution in [-0.4, -0.2) is 38.5 Å². The van der Waals surface area contributed by atoms with Crippen LogP contribution in [0.25, 0.3) is 16.9 Å². The molecule has 138 valence electrons. The van der Waals surface area contributed by atoms with Gasteiger partial charge in [-0.1, -0.05) is 36.4 Å². The predicted molar refractivity (Wildman–Crippen MR) is 101 cm³/mol. The number of hydrogen-bond donors (Lipinski definition) is 3. The average Bonchev–Trinajstić information content (AvgIpc) is 3.05. The van der Waals surface area contributed by atoms with Crippen molar-refractivity contribution in [1.82, 2.24) is 14.7 Å². The van der Waals surface area contributed by atoms with E-state index < -0.39 is 17.9 Å². The van der Waals surface area contributed by atoms with Crippen LogP contribution in [0.2, 0.25) is 0 Å². The predicted octanol–water partition coefficient (Wildman–Crippen LogP) is 1.89. The van der Waals surface area contributed by atoms with Gasteiger partial charge in [-0.05, 0) is 31.4 Å². The van der Waals surface area contributed by atoms with Gasteiger partial charge in [-0.3, -0.25) is 14.0 Å². The van der Waals surface area contributed by atoms with Crippen LogP contribution in [0.1, 0.15) is 18.4 Å². The van der Waals surface area contributed by atoms with E-state index in [-0.39, 0.29) is 6.04 Å². The first-order chi connectivity index (χ1) is 13.0. The quantitative estimate of drug-likeness (QED) is 0.619. The molecule has 2 amide bonds. The first-order valence-electron chi connectivity index (χ1n) is 8.87. The number of carbonyl (C=O) groups is 2. The SMILES string of the molecule is Cc1cccn2c(NC(=O)C(=O)N[C@@H]3CC[C@H]3O)c(-c3ccccc3)nc12. The fourth-order valence-corrected chi connectivity index (χ4v) is 3.17. The number of amides is 2. The summed E-state index contributed by atoms with van der Waals surface area (Å²) < 4.78 is 1.76. The van der Waals surface area contributed by atoms with Crippen LogP contribution in [0, 0.1) is 6.92 Å². The van der Waals surface area contributed by atoms with Crippen molar-refractivity contribution in [3.63, 3.8) is 0 Å². The number of nitrogens with zero attached hydrogens (tertiary/aromatic N) is 2. The second kappa shape index (κ2) is 6.85. The molecule has 0 aliphatic heterocycles. The molecule has 0 radical (unpaired) electrons. The average molecular weight is 364 g/mol. The highest BCUT2D eigenvalue weighted by atomic mass is 16.3. The number of hydrogen-bond acceptors (Lipinski definition) is 4. The lowest BCUT2D eigenvalue weighted by Gasteiger charge is -2.32.